The molecule has 1 N–H and O–H groups in total. The number of fused-ring (bicyclic) bond motifs is 1. The number of benzene rings is 1. The van der Waals surface area contributed by atoms with Gasteiger partial charge in [-0.1, -0.05) is 0 Å². The second-order valence-electron chi connectivity index (χ2n) is 5.77. The number of halogens is 2. The van der Waals surface area contributed by atoms with E-state index in [0.717, 1.165) is 17.6 Å². The lowest BCUT2D eigenvalue weighted by Gasteiger charge is -2.47. The highest BCUT2D eigenvalue weighted by Gasteiger charge is 2.39. The lowest BCUT2D eigenvalue weighted by molar-refractivity contribution is 0.0431. The first kappa shape index (κ1) is 14.5. The van der Waals surface area contributed by atoms with Gasteiger partial charge >= 0.3 is 0 Å². The minimum Gasteiger partial charge on any atom is -0.331 e. The van der Waals surface area contributed by atoms with Gasteiger partial charge in [0.05, 0.1) is 14.6 Å². The van der Waals surface area contributed by atoms with Crippen molar-refractivity contribution in [2.24, 2.45) is 0 Å². The molecule has 1 fully saturated rings. The van der Waals surface area contributed by atoms with Crippen LogP contribution in [0, 0.1) is 14.2 Å². The minimum atomic E-state index is -0.187. The van der Waals surface area contributed by atoms with Gasteiger partial charge in [0.1, 0.15) is 5.82 Å². The van der Waals surface area contributed by atoms with E-state index in [2.05, 4.69) is 24.0 Å². The van der Waals surface area contributed by atoms with E-state index >= 15 is 0 Å². The van der Waals surface area contributed by atoms with Crippen LogP contribution in [0.3, 0.4) is 0 Å². The molecule has 1 saturated carbocycles. The molecule has 108 valence electrons. The highest BCUT2D eigenvalue weighted by molar-refractivity contribution is 14.1. The van der Waals surface area contributed by atoms with Crippen LogP contribution in [-0.4, -0.2) is 34.1 Å². The molecule has 3 nitrogen and oxygen atoms in total. The first-order valence-corrected chi connectivity index (χ1v) is 8.17. The number of likely N-dealkylation sites (N-methyl/N-ethyl adjacent to an activating group) is 1. The third kappa shape index (κ3) is 2.21. The first-order chi connectivity index (χ1) is 9.43. The van der Waals surface area contributed by atoms with Crippen molar-refractivity contribution in [1.82, 2.24) is 14.5 Å². The van der Waals surface area contributed by atoms with Gasteiger partial charge in [0.15, 0.2) is 4.77 Å². The number of nitrogens with one attached hydrogen (secondary N) is 1. The molecular formula is C14H17FIN3S. The summed E-state index contributed by atoms with van der Waals surface area (Å²) < 4.78 is 17.2. The molecule has 1 aliphatic carbocycles. The molecule has 0 radical (unpaired) electrons. The predicted octanol–water partition coefficient (Wildman–Crippen LogP) is 3.93. The quantitative estimate of drug-likeness (QED) is 0.618. The van der Waals surface area contributed by atoms with Gasteiger partial charge in [-0.2, -0.15) is 0 Å². The molecule has 0 bridgehead atoms. The molecular weight excluding hydrogens is 388 g/mol. The highest BCUT2D eigenvalue weighted by Crippen LogP contribution is 2.38. The van der Waals surface area contributed by atoms with Gasteiger partial charge in [0, 0.05) is 18.2 Å². The molecule has 20 heavy (non-hydrogen) atoms. The average molecular weight is 405 g/mol. The molecule has 0 amide bonds. The minimum absolute atomic E-state index is 0.160. The van der Waals surface area contributed by atoms with E-state index in [0.29, 0.717) is 8.34 Å². The Morgan fingerprint density at radius 3 is 2.70 bits per heavy atom. The van der Waals surface area contributed by atoms with Crippen LogP contribution >= 0.6 is 34.8 Å². The van der Waals surface area contributed by atoms with Crippen molar-refractivity contribution in [3.63, 3.8) is 0 Å². The lowest BCUT2D eigenvalue weighted by Crippen LogP contribution is -2.53. The summed E-state index contributed by atoms with van der Waals surface area (Å²) >= 11 is 7.43. The Labute approximate surface area is 136 Å². The second-order valence-corrected chi connectivity index (χ2v) is 7.32. The van der Waals surface area contributed by atoms with Crippen molar-refractivity contribution in [2.45, 2.75) is 31.3 Å². The third-order valence-corrected chi connectivity index (χ3v) is 5.65. The normalized spacial score (nSPS) is 17.6. The summed E-state index contributed by atoms with van der Waals surface area (Å²) in [5.41, 5.74) is 1.93. The molecule has 0 spiro atoms. The fourth-order valence-electron chi connectivity index (χ4n) is 2.93. The highest BCUT2D eigenvalue weighted by atomic mass is 127. The Balaban J connectivity index is 2.10. The van der Waals surface area contributed by atoms with Crippen LogP contribution < -0.4 is 0 Å². The van der Waals surface area contributed by atoms with E-state index in [1.54, 1.807) is 6.07 Å². The van der Waals surface area contributed by atoms with Gasteiger partial charge in [-0.3, -0.25) is 0 Å². The molecule has 1 aromatic carbocycles. The molecule has 6 heteroatoms. The average Bonchev–Trinajstić information content (AvgIpc) is 2.60. The van der Waals surface area contributed by atoms with Crippen molar-refractivity contribution in [2.75, 3.05) is 14.1 Å². The molecule has 2 aromatic rings. The van der Waals surface area contributed by atoms with E-state index < -0.39 is 0 Å². The number of H-pyrrole nitrogens is 1. The van der Waals surface area contributed by atoms with Crippen LogP contribution in [-0.2, 0) is 6.54 Å². The number of aromatic amines is 1. The first-order valence-electron chi connectivity index (χ1n) is 6.68. The van der Waals surface area contributed by atoms with Crippen LogP contribution in [0.15, 0.2) is 12.1 Å². The largest absolute Gasteiger partial charge is 0.331 e. The van der Waals surface area contributed by atoms with Gasteiger partial charge in [0.2, 0.25) is 0 Å². The number of nitrogens with zero attached hydrogens (tertiary/aromatic N) is 2. The number of hydrogen-bond acceptors (Lipinski definition) is 2. The zero-order chi connectivity index (χ0) is 14.5. The van der Waals surface area contributed by atoms with E-state index in [4.69, 9.17) is 12.2 Å². The van der Waals surface area contributed by atoms with Crippen LogP contribution in [0.1, 0.15) is 19.3 Å². The Morgan fingerprint density at radius 1 is 1.45 bits per heavy atom. The molecule has 0 saturated heterocycles. The Morgan fingerprint density at radius 2 is 2.15 bits per heavy atom. The second kappa shape index (κ2) is 5.06. The zero-order valence-corrected chi connectivity index (χ0v) is 14.5. The van der Waals surface area contributed by atoms with Crippen LogP contribution in [0.5, 0.6) is 0 Å². The SMILES string of the molecule is CN(C)C1(Cn2c(=S)[nH]c3cc(I)c(F)cc32)CCC1. The standard InChI is InChI=1S/C14H17FIN3S/c1-18(2)14(4-3-5-14)8-19-12-6-9(15)10(16)7-11(12)17-13(19)20/h6-7H,3-5,8H2,1-2H3,(H,17,20). The number of imidazole rings is 1. The Hall–Kier alpha value is -0.470. The smallest absolute Gasteiger partial charge is 0.178 e. The van der Waals surface area contributed by atoms with Crippen molar-refractivity contribution < 1.29 is 4.39 Å². The maximum absolute atomic E-state index is 13.8. The van der Waals surface area contributed by atoms with Crippen LogP contribution in [0.25, 0.3) is 11.0 Å². The molecule has 0 unspecified atom stereocenters. The number of aromatic nitrogens is 2. The number of rotatable bonds is 3. The van der Waals surface area contributed by atoms with Crippen LogP contribution in [0.4, 0.5) is 4.39 Å². The molecule has 0 aliphatic heterocycles. The molecule has 1 aromatic heterocycles. The zero-order valence-electron chi connectivity index (χ0n) is 11.5. The van der Waals surface area contributed by atoms with Crippen molar-refractivity contribution in [1.29, 1.82) is 0 Å². The number of hydrogen-bond donors (Lipinski definition) is 1. The summed E-state index contributed by atoms with van der Waals surface area (Å²) in [5, 5.41) is 0. The molecule has 0 atom stereocenters. The molecule has 1 aliphatic rings. The molecule has 1 heterocycles. The maximum Gasteiger partial charge on any atom is 0.178 e. The van der Waals surface area contributed by atoms with Crippen molar-refractivity contribution in [3.8, 4) is 0 Å². The van der Waals surface area contributed by atoms with Gasteiger partial charge in [0.25, 0.3) is 0 Å². The van der Waals surface area contributed by atoms with E-state index in [-0.39, 0.29) is 11.4 Å². The van der Waals surface area contributed by atoms with E-state index in [9.17, 15) is 4.39 Å². The van der Waals surface area contributed by atoms with Gasteiger partial charge in [-0.05, 0) is 74.2 Å². The topological polar surface area (TPSA) is 24.0 Å². The van der Waals surface area contributed by atoms with E-state index in [1.165, 1.54) is 19.3 Å². The Bertz CT molecular complexity index is 715. The predicted molar refractivity (Wildman–Crippen MR) is 90.1 cm³/mol. The fourth-order valence-corrected chi connectivity index (χ4v) is 3.67. The summed E-state index contributed by atoms with van der Waals surface area (Å²) in [6, 6.07) is 3.41. The monoisotopic (exact) mass is 405 g/mol. The van der Waals surface area contributed by atoms with Crippen molar-refractivity contribution in [3.05, 3.63) is 26.3 Å². The fraction of sp³-hybridized carbons (Fsp3) is 0.500. The Kier molecular flexibility index (Phi) is 3.66. The van der Waals surface area contributed by atoms with Crippen LogP contribution in [0.2, 0.25) is 0 Å². The maximum atomic E-state index is 13.8. The van der Waals surface area contributed by atoms with Gasteiger partial charge < -0.3 is 14.5 Å². The third-order valence-electron chi connectivity index (χ3n) is 4.50. The summed E-state index contributed by atoms with van der Waals surface area (Å²) in [6.07, 6.45) is 3.59. The lowest BCUT2D eigenvalue weighted by atomic mass is 9.75. The van der Waals surface area contributed by atoms with E-state index in [1.807, 2.05) is 33.2 Å². The summed E-state index contributed by atoms with van der Waals surface area (Å²) in [5.74, 6) is -0.187. The summed E-state index contributed by atoms with van der Waals surface area (Å²) in [6.45, 7) is 0.818. The summed E-state index contributed by atoms with van der Waals surface area (Å²) in [7, 11) is 4.22. The van der Waals surface area contributed by atoms with Crippen molar-refractivity contribution >= 4 is 45.8 Å². The van der Waals surface area contributed by atoms with Gasteiger partial charge in [-0.15, -0.1) is 0 Å². The van der Waals surface area contributed by atoms with Gasteiger partial charge in [-0.25, -0.2) is 4.39 Å². The summed E-state index contributed by atoms with van der Waals surface area (Å²) in [4.78, 5) is 5.47. The molecule has 3 rings (SSSR count).